The van der Waals surface area contributed by atoms with Crippen molar-refractivity contribution in [2.75, 3.05) is 12.3 Å². The summed E-state index contributed by atoms with van der Waals surface area (Å²) in [7, 11) is 0. The van der Waals surface area contributed by atoms with Crippen LogP contribution in [0.4, 0.5) is 5.82 Å². The molecule has 1 fully saturated rings. The molecule has 2 aromatic rings. The topological polar surface area (TPSA) is 231 Å². The molecule has 0 radical (unpaired) electrons. The molecule has 14 heteroatoms. The summed E-state index contributed by atoms with van der Waals surface area (Å²) in [5, 5.41) is 44.7. The second-order valence-corrected chi connectivity index (χ2v) is 5.93. The fourth-order valence-electron chi connectivity index (χ4n) is 2.49. The van der Waals surface area contributed by atoms with Gasteiger partial charge in [0.1, 0.15) is 30.2 Å². The van der Waals surface area contributed by atoms with E-state index in [4.69, 9.17) is 25.8 Å². The number of aliphatic hydroxyl groups excluding tert-OH is 3. The van der Waals surface area contributed by atoms with Crippen molar-refractivity contribution in [3.8, 4) is 0 Å². The third-order valence-corrected chi connectivity index (χ3v) is 3.98. The monoisotopic (exact) mass is 413 g/mol. The van der Waals surface area contributed by atoms with Crippen LogP contribution in [0.5, 0.6) is 0 Å². The van der Waals surface area contributed by atoms with Gasteiger partial charge in [-0.3, -0.25) is 14.2 Å². The maximum atomic E-state index is 10.2. The van der Waals surface area contributed by atoms with Gasteiger partial charge in [0.25, 0.3) is 0 Å². The van der Waals surface area contributed by atoms with Crippen molar-refractivity contribution in [1.29, 1.82) is 0 Å². The minimum atomic E-state index is -1.58. The number of nitrogens with two attached hydrogens (primary N) is 1. The second kappa shape index (κ2) is 9.33. The zero-order valence-electron chi connectivity index (χ0n) is 14.8. The molecule has 1 aliphatic rings. The van der Waals surface area contributed by atoms with Gasteiger partial charge in [-0.25, -0.2) is 19.7 Å². The quantitative estimate of drug-likeness (QED) is 0.270. The predicted molar refractivity (Wildman–Crippen MR) is 92.3 cm³/mol. The summed E-state index contributed by atoms with van der Waals surface area (Å²) in [5.41, 5.74) is 6.44. The van der Waals surface area contributed by atoms with Gasteiger partial charge in [0.15, 0.2) is 17.7 Å². The van der Waals surface area contributed by atoms with Gasteiger partial charge in [0.05, 0.1) is 19.4 Å². The number of rotatable bonds is 6. The number of carboxylic acid groups (broad SMARTS) is 2. The van der Waals surface area contributed by atoms with E-state index >= 15 is 0 Å². The van der Waals surface area contributed by atoms with E-state index in [2.05, 4.69) is 15.0 Å². The lowest BCUT2D eigenvalue weighted by atomic mass is 10.1. The number of aliphatic hydroxyl groups is 3. The molecular weight excluding hydrogens is 394 g/mol. The summed E-state index contributed by atoms with van der Waals surface area (Å²) in [5.74, 6) is -3.60. The number of carbonyl (C=O) groups excluding carboxylic acids is 1. The molecule has 158 valence electrons. The van der Waals surface area contributed by atoms with E-state index in [1.54, 1.807) is 0 Å². The number of nitrogen functional groups attached to an aromatic ring is 1. The van der Waals surface area contributed by atoms with Gasteiger partial charge in [0, 0.05) is 6.42 Å². The Morgan fingerprint density at radius 3 is 2.34 bits per heavy atom. The highest BCUT2D eigenvalue weighted by Gasteiger charge is 2.43. The van der Waals surface area contributed by atoms with Crippen molar-refractivity contribution in [1.82, 2.24) is 19.5 Å². The van der Waals surface area contributed by atoms with Crippen LogP contribution < -0.4 is 5.73 Å². The molecule has 1 aliphatic heterocycles. The summed E-state index contributed by atoms with van der Waals surface area (Å²) in [6, 6.07) is 0. The molecule has 0 spiro atoms. The van der Waals surface area contributed by atoms with E-state index in [9.17, 15) is 24.6 Å². The molecule has 1 saturated heterocycles. The van der Waals surface area contributed by atoms with Crippen LogP contribution in [0.1, 0.15) is 19.1 Å². The number of carboxylic acids is 2. The van der Waals surface area contributed by atoms with Gasteiger partial charge < -0.3 is 36.0 Å². The molecule has 3 rings (SSSR count). The van der Waals surface area contributed by atoms with Crippen molar-refractivity contribution in [2.45, 2.75) is 37.4 Å². The number of ketones is 1. The summed E-state index contributed by atoms with van der Waals surface area (Å²) in [6.45, 7) is -0.390. The van der Waals surface area contributed by atoms with Crippen LogP contribution in [0.2, 0.25) is 0 Å². The van der Waals surface area contributed by atoms with Crippen LogP contribution in [0.3, 0.4) is 0 Å². The van der Waals surface area contributed by atoms with Crippen molar-refractivity contribution in [2.24, 2.45) is 0 Å². The summed E-state index contributed by atoms with van der Waals surface area (Å²) >= 11 is 0. The Bertz CT molecular complexity index is 901. The second-order valence-electron chi connectivity index (χ2n) is 5.93. The van der Waals surface area contributed by atoms with E-state index in [1.165, 1.54) is 17.2 Å². The number of Topliss-reactive ketones (excluding diaryl/α,β-unsaturated/α-hetero) is 1. The zero-order chi connectivity index (χ0) is 21.7. The largest absolute Gasteiger partial charge is 0.481 e. The Morgan fingerprint density at radius 2 is 1.79 bits per heavy atom. The first kappa shape index (κ1) is 22.1. The lowest BCUT2D eigenvalue weighted by molar-refractivity contribution is -0.149. The number of ether oxygens (including phenoxy) is 1. The molecule has 0 amide bonds. The molecular formula is C15H19N5O9. The highest BCUT2D eigenvalue weighted by atomic mass is 16.6. The molecule has 0 saturated carbocycles. The van der Waals surface area contributed by atoms with Crippen molar-refractivity contribution in [3.63, 3.8) is 0 Å². The Morgan fingerprint density at radius 1 is 1.10 bits per heavy atom. The fourth-order valence-corrected chi connectivity index (χ4v) is 2.49. The van der Waals surface area contributed by atoms with E-state index in [-0.39, 0.29) is 5.82 Å². The van der Waals surface area contributed by atoms with Crippen molar-refractivity contribution in [3.05, 3.63) is 12.7 Å². The SMILES string of the molecule is Nc1ncnc2c1ncn2[C@@H]1O[C@H](CO)[C@@H](O)[C@H]1O.O=C(O)CCC(=O)C(=O)O. The van der Waals surface area contributed by atoms with Gasteiger partial charge >= 0.3 is 11.9 Å². The number of anilines is 1. The van der Waals surface area contributed by atoms with Crippen LogP contribution in [-0.4, -0.2) is 87.7 Å². The molecule has 0 aromatic carbocycles. The van der Waals surface area contributed by atoms with E-state index in [0.29, 0.717) is 11.2 Å². The minimum Gasteiger partial charge on any atom is -0.481 e. The Hall–Kier alpha value is -3.20. The first-order valence-corrected chi connectivity index (χ1v) is 8.20. The molecule has 3 heterocycles. The van der Waals surface area contributed by atoms with E-state index in [1.807, 2.05) is 0 Å². The number of carbonyl (C=O) groups is 3. The average Bonchev–Trinajstić information content (AvgIpc) is 3.22. The fraction of sp³-hybridized carbons (Fsp3) is 0.467. The molecule has 29 heavy (non-hydrogen) atoms. The normalized spacial score (nSPS) is 23.4. The molecule has 0 unspecified atom stereocenters. The van der Waals surface area contributed by atoms with Crippen LogP contribution >= 0.6 is 0 Å². The number of imidazole rings is 1. The standard InChI is InChI=1S/C10H13N5O4.C5H6O5/c11-8-5-9(13-2-12-8)15(3-14-5)10-7(18)6(17)4(1-16)19-10;6-3(5(9)10)1-2-4(7)8/h2-4,6-7,10,16-18H,1H2,(H2,11,12,13);1-2H2,(H,7,8)(H,9,10)/t4-,6-,7-,10-;/m1./s1. The molecule has 7 N–H and O–H groups in total. The smallest absolute Gasteiger partial charge is 0.372 e. The lowest BCUT2D eigenvalue weighted by Crippen LogP contribution is -2.33. The minimum absolute atomic E-state index is 0.218. The molecule has 2 aromatic heterocycles. The first-order chi connectivity index (χ1) is 13.7. The lowest BCUT2D eigenvalue weighted by Gasteiger charge is -2.16. The van der Waals surface area contributed by atoms with Crippen LogP contribution in [0.15, 0.2) is 12.7 Å². The molecule has 4 atom stereocenters. The van der Waals surface area contributed by atoms with Gasteiger partial charge in [0.2, 0.25) is 5.78 Å². The number of aliphatic carboxylic acids is 2. The average molecular weight is 413 g/mol. The molecule has 14 nitrogen and oxygen atoms in total. The third-order valence-electron chi connectivity index (χ3n) is 3.98. The van der Waals surface area contributed by atoms with Gasteiger partial charge in [-0.2, -0.15) is 0 Å². The van der Waals surface area contributed by atoms with Crippen LogP contribution in [0.25, 0.3) is 11.2 Å². The van der Waals surface area contributed by atoms with Crippen molar-refractivity contribution < 1.29 is 44.7 Å². The van der Waals surface area contributed by atoms with E-state index in [0.717, 1.165) is 0 Å². The molecule has 0 bridgehead atoms. The van der Waals surface area contributed by atoms with Crippen LogP contribution in [0, 0.1) is 0 Å². The number of hydrogen-bond donors (Lipinski definition) is 6. The summed E-state index contributed by atoms with van der Waals surface area (Å²) in [6.07, 6.45) is -2.29. The Kier molecular flexibility index (Phi) is 7.11. The van der Waals surface area contributed by atoms with Gasteiger partial charge in [-0.1, -0.05) is 0 Å². The number of aromatic nitrogens is 4. The van der Waals surface area contributed by atoms with E-state index < -0.39 is 61.7 Å². The Balaban J connectivity index is 0.000000257. The third kappa shape index (κ3) is 5.00. The molecule has 0 aliphatic carbocycles. The maximum Gasteiger partial charge on any atom is 0.372 e. The Labute approximate surface area is 162 Å². The summed E-state index contributed by atoms with van der Waals surface area (Å²) in [4.78, 5) is 41.6. The number of nitrogens with zero attached hydrogens (tertiary/aromatic N) is 4. The predicted octanol–water partition coefficient (Wildman–Crippen LogP) is -2.48. The highest BCUT2D eigenvalue weighted by molar-refractivity contribution is 6.32. The van der Waals surface area contributed by atoms with Gasteiger partial charge in [-0.15, -0.1) is 0 Å². The van der Waals surface area contributed by atoms with Gasteiger partial charge in [-0.05, 0) is 0 Å². The maximum absolute atomic E-state index is 10.2. The number of hydrogen-bond acceptors (Lipinski definition) is 11. The highest BCUT2D eigenvalue weighted by Crippen LogP contribution is 2.31. The summed E-state index contributed by atoms with van der Waals surface area (Å²) < 4.78 is 6.85. The van der Waals surface area contributed by atoms with Crippen molar-refractivity contribution >= 4 is 34.7 Å². The number of fused-ring (bicyclic) bond motifs is 1. The van der Waals surface area contributed by atoms with Crippen LogP contribution in [-0.2, 0) is 19.1 Å². The first-order valence-electron chi connectivity index (χ1n) is 8.20. The zero-order valence-corrected chi connectivity index (χ0v) is 14.8.